The van der Waals surface area contributed by atoms with Crippen LogP contribution in [-0.4, -0.2) is 124 Å². The molecule has 336 valence electrons. The second kappa shape index (κ2) is 21.5. The summed E-state index contributed by atoms with van der Waals surface area (Å²) in [6.45, 7) is 13.5. The Kier molecular flexibility index (Phi) is 17.6. The number of oxime groups is 1. The minimum atomic E-state index is -1.99. The second-order valence-corrected chi connectivity index (χ2v) is 17.7. The number of carbonyl (C=O) groups excluding carboxylic acids is 2. The Hall–Kier alpha value is -3.50. The average molecular weight is 845 g/mol. The monoisotopic (exact) mass is 844 g/mol. The van der Waals surface area contributed by atoms with Gasteiger partial charge in [-0.2, -0.15) is 0 Å². The molecule has 2 fully saturated rings. The molecule has 0 unspecified atom stereocenters. The highest BCUT2D eigenvalue weighted by molar-refractivity contribution is 5.88. The van der Waals surface area contributed by atoms with E-state index in [-0.39, 0.29) is 38.0 Å². The standard InChI is InChI=1S/C46H69FN2O11/c1-11-36-46(8,55)41(52)29(4)38(48-56-22-16-20-32-17-13-12-14-18-32)27(2)26-45(7,54)42(60-44-39(51)35(49(9)10)23-28(3)57-44)30(5)40(31(6)43(53)58-36)59-37(50)25-33-19-15-21-34(47)24-33/h12-15,17-19,21,24,27-31,35-36,39-42,44,51-52,54-55H,11,16,20,22-23,25-26H2,1-10H3/b48-38+/t27-,28+,29-,30-,31+,35-,36+,39+,40-,41+,42+,44-,45-,46+/m0/s1. The van der Waals surface area contributed by atoms with Crippen LogP contribution < -0.4 is 0 Å². The molecule has 0 spiro atoms. The maximum absolute atomic E-state index is 14.2. The van der Waals surface area contributed by atoms with E-state index >= 15 is 0 Å². The maximum Gasteiger partial charge on any atom is 0.312 e. The van der Waals surface area contributed by atoms with Gasteiger partial charge >= 0.3 is 11.9 Å². The molecule has 2 aromatic carbocycles. The number of ether oxygens (including phenoxy) is 4. The van der Waals surface area contributed by atoms with Crippen molar-refractivity contribution in [2.45, 2.75) is 154 Å². The van der Waals surface area contributed by atoms with Crippen molar-refractivity contribution in [3.05, 3.63) is 71.5 Å². The van der Waals surface area contributed by atoms with Gasteiger partial charge in [0.15, 0.2) is 6.29 Å². The maximum atomic E-state index is 14.2. The molecule has 0 aliphatic carbocycles. The number of likely N-dealkylation sites (N-methyl/N-ethyl adjacent to an activating group) is 1. The van der Waals surface area contributed by atoms with Crippen LogP contribution >= 0.6 is 0 Å². The molecular formula is C46H69FN2O11. The van der Waals surface area contributed by atoms with E-state index in [1.165, 1.54) is 32.0 Å². The zero-order valence-electron chi connectivity index (χ0n) is 37.0. The van der Waals surface area contributed by atoms with Crippen LogP contribution in [0.5, 0.6) is 0 Å². The van der Waals surface area contributed by atoms with Gasteiger partial charge in [-0.3, -0.25) is 9.59 Å². The first-order chi connectivity index (χ1) is 28.2. The quantitative estimate of drug-likeness (QED) is 0.125. The van der Waals surface area contributed by atoms with E-state index in [9.17, 15) is 34.4 Å². The fraction of sp³-hybridized carbons (Fsp3) is 0.674. The molecule has 13 nitrogen and oxygen atoms in total. The molecule has 0 amide bonds. The highest BCUT2D eigenvalue weighted by Gasteiger charge is 2.52. The first kappa shape index (κ1) is 49.2. The fourth-order valence-corrected chi connectivity index (χ4v) is 8.90. The zero-order chi connectivity index (χ0) is 44.5. The molecule has 2 saturated heterocycles. The van der Waals surface area contributed by atoms with Crippen LogP contribution in [0.2, 0.25) is 0 Å². The first-order valence-corrected chi connectivity index (χ1v) is 21.3. The van der Waals surface area contributed by atoms with Crippen molar-refractivity contribution in [2.24, 2.45) is 28.8 Å². The Morgan fingerprint density at radius 1 is 0.983 bits per heavy atom. The predicted octanol–water partition coefficient (Wildman–Crippen LogP) is 5.23. The summed E-state index contributed by atoms with van der Waals surface area (Å²) in [6.07, 6.45) is -6.38. The Morgan fingerprint density at radius 3 is 2.28 bits per heavy atom. The van der Waals surface area contributed by atoms with Crippen molar-refractivity contribution in [1.29, 1.82) is 0 Å². The number of benzene rings is 2. The second-order valence-electron chi connectivity index (χ2n) is 17.7. The lowest BCUT2D eigenvalue weighted by molar-refractivity contribution is -0.299. The van der Waals surface area contributed by atoms with E-state index < -0.39 is 89.4 Å². The molecule has 0 radical (unpaired) electrons. The van der Waals surface area contributed by atoms with Gasteiger partial charge in [0.05, 0.1) is 42.0 Å². The minimum absolute atomic E-state index is 0.0527. The van der Waals surface area contributed by atoms with E-state index in [1.54, 1.807) is 33.8 Å². The van der Waals surface area contributed by atoms with Crippen molar-refractivity contribution in [2.75, 3.05) is 20.7 Å². The molecule has 2 heterocycles. The molecule has 0 bridgehead atoms. The number of carbonyl (C=O) groups is 2. The summed E-state index contributed by atoms with van der Waals surface area (Å²) < 4.78 is 39.1. The summed E-state index contributed by atoms with van der Waals surface area (Å²) >= 11 is 0. The van der Waals surface area contributed by atoms with Crippen molar-refractivity contribution in [3.8, 4) is 0 Å². The number of aliphatic hydroxyl groups is 4. The summed E-state index contributed by atoms with van der Waals surface area (Å²) in [7, 11) is 3.68. The normalized spacial score (nSPS) is 36.7. The number of aryl methyl sites for hydroxylation is 1. The van der Waals surface area contributed by atoms with Gasteiger partial charge < -0.3 is 49.1 Å². The van der Waals surface area contributed by atoms with Crippen LogP contribution in [0.15, 0.2) is 59.8 Å². The topological polar surface area (TPSA) is 177 Å². The molecule has 2 aromatic rings. The largest absolute Gasteiger partial charge is 0.461 e. The Labute approximate surface area is 355 Å². The molecule has 0 saturated carbocycles. The molecule has 14 heteroatoms. The van der Waals surface area contributed by atoms with Gasteiger partial charge in [-0.05, 0) is 97.2 Å². The summed E-state index contributed by atoms with van der Waals surface area (Å²) in [6, 6.07) is 15.1. The molecule has 60 heavy (non-hydrogen) atoms. The van der Waals surface area contributed by atoms with Gasteiger partial charge in [0.1, 0.15) is 36.3 Å². The molecule has 2 aliphatic rings. The molecule has 0 aromatic heterocycles. The number of hydrogen-bond donors (Lipinski definition) is 4. The Balaban J connectivity index is 1.80. The predicted molar refractivity (Wildman–Crippen MR) is 224 cm³/mol. The molecule has 14 atom stereocenters. The first-order valence-electron chi connectivity index (χ1n) is 21.3. The summed E-state index contributed by atoms with van der Waals surface area (Å²) in [4.78, 5) is 35.6. The third kappa shape index (κ3) is 12.5. The number of halogens is 1. The van der Waals surface area contributed by atoms with Crippen molar-refractivity contribution >= 4 is 17.7 Å². The lowest BCUT2D eigenvalue weighted by Crippen LogP contribution is -2.60. The summed E-state index contributed by atoms with van der Waals surface area (Å²) in [5.41, 5.74) is -1.97. The Bertz CT molecular complexity index is 1710. The van der Waals surface area contributed by atoms with Gasteiger partial charge in [-0.1, -0.05) is 75.3 Å². The highest BCUT2D eigenvalue weighted by atomic mass is 19.1. The number of nitrogens with zero attached hydrogens (tertiary/aromatic N) is 2. The lowest BCUT2D eigenvalue weighted by Gasteiger charge is -2.47. The van der Waals surface area contributed by atoms with Crippen LogP contribution in [0, 0.1) is 29.5 Å². The minimum Gasteiger partial charge on any atom is -0.461 e. The zero-order valence-corrected chi connectivity index (χ0v) is 37.0. The van der Waals surface area contributed by atoms with Gasteiger partial charge in [0, 0.05) is 23.8 Å². The van der Waals surface area contributed by atoms with Crippen LogP contribution in [0.3, 0.4) is 0 Å². The van der Waals surface area contributed by atoms with Crippen molar-refractivity contribution < 1.29 is 58.2 Å². The van der Waals surface area contributed by atoms with Crippen LogP contribution in [0.25, 0.3) is 0 Å². The number of hydrogen-bond acceptors (Lipinski definition) is 13. The Morgan fingerprint density at radius 2 is 1.65 bits per heavy atom. The lowest BCUT2D eigenvalue weighted by atomic mass is 9.73. The summed E-state index contributed by atoms with van der Waals surface area (Å²) in [5.74, 6) is -5.80. The fourth-order valence-electron chi connectivity index (χ4n) is 8.90. The van der Waals surface area contributed by atoms with Crippen LogP contribution in [-0.2, 0) is 46.2 Å². The number of cyclic esters (lactones) is 1. The molecule has 4 N–H and O–H groups in total. The van der Waals surface area contributed by atoms with Gasteiger partial charge in [0.2, 0.25) is 0 Å². The smallest absolute Gasteiger partial charge is 0.312 e. The van der Waals surface area contributed by atoms with Gasteiger partial charge in [-0.15, -0.1) is 0 Å². The summed E-state index contributed by atoms with van der Waals surface area (Å²) in [5, 5.41) is 52.7. The average Bonchev–Trinajstić information content (AvgIpc) is 3.18. The van der Waals surface area contributed by atoms with Crippen molar-refractivity contribution in [1.82, 2.24) is 4.90 Å². The molecular weight excluding hydrogens is 776 g/mol. The van der Waals surface area contributed by atoms with Gasteiger partial charge in [-0.25, -0.2) is 4.39 Å². The highest BCUT2D eigenvalue weighted by Crippen LogP contribution is 2.39. The third-order valence-corrected chi connectivity index (χ3v) is 12.3. The van der Waals surface area contributed by atoms with Crippen LogP contribution in [0.1, 0.15) is 92.2 Å². The number of aliphatic hydroxyl groups excluding tert-OH is 2. The van der Waals surface area contributed by atoms with E-state index in [0.717, 1.165) is 12.0 Å². The van der Waals surface area contributed by atoms with E-state index in [4.69, 9.17) is 23.8 Å². The number of esters is 2. The van der Waals surface area contributed by atoms with E-state index in [2.05, 4.69) is 5.16 Å². The molecule has 2 aliphatic heterocycles. The number of rotatable bonds is 12. The van der Waals surface area contributed by atoms with Crippen molar-refractivity contribution in [3.63, 3.8) is 0 Å². The van der Waals surface area contributed by atoms with E-state index in [1.807, 2.05) is 63.2 Å². The third-order valence-electron chi connectivity index (χ3n) is 12.3. The molecule has 4 rings (SSSR count). The van der Waals surface area contributed by atoms with Gasteiger partial charge in [0.25, 0.3) is 0 Å². The SMILES string of the molecule is CC[C@H]1OC(=O)[C@H](C)[C@@H](OC(=O)Cc2cccc(F)c2)[C@H](C)[C@@H](O[C@@H]2O[C@H](C)C[C@H](N(C)C)[C@H]2O)[C@@](C)(O)C[C@H](C)/C(=N\OCCCc2ccccc2)[C@H](C)[C@@H](O)[C@]1(C)O. The van der Waals surface area contributed by atoms with E-state index in [0.29, 0.717) is 24.1 Å². The van der Waals surface area contributed by atoms with Crippen LogP contribution in [0.4, 0.5) is 4.39 Å².